The van der Waals surface area contributed by atoms with Crippen LogP contribution in [0.25, 0.3) is 0 Å². The Kier molecular flexibility index (Phi) is 4.41. The van der Waals surface area contributed by atoms with Crippen LogP contribution in [0.3, 0.4) is 0 Å². The van der Waals surface area contributed by atoms with Gasteiger partial charge in [-0.25, -0.2) is 0 Å². The molecule has 0 saturated carbocycles. The summed E-state index contributed by atoms with van der Waals surface area (Å²) in [6.07, 6.45) is 0.714. The van der Waals surface area contributed by atoms with Crippen LogP contribution in [0.5, 0.6) is 0 Å². The smallest absolute Gasteiger partial charge is 0.180 e. The molecule has 0 fully saturated rings. The Morgan fingerprint density at radius 2 is 1.91 bits per heavy atom. The highest BCUT2D eigenvalue weighted by Gasteiger charge is 2.12. The molecule has 2 nitrogen and oxygen atoms in total. The summed E-state index contributed by atoms with van der Waals surface area (Å²) in [5.74, 6) is 0.420. The number of rotatable bonds is 4. The second-order valence-electron chi connectivity index (χ2n) is 3.94. The van der Waals surface area contributed by atoms with Gasteiger partial charge in [0.15, 0.2) is 5.90 Å². The first-order valence-corrected chi connectivity index (χ1v) is 7.86. The van der Waals surface area contributed by atoms with Crippen LogP contribution >= 0.6 is 0 Å². The highest BCUT2D eigenvalue weighted by Crippen LogP contribution is 2.07. The molecule has 0 aromatic heterocycles. The summed E-state index contributed by atoms with van der Waals surface area (Å²) in [5.41, 5.74) is 0. The van der Waals surface area contributed by atoms with Gasteiger partial charge in [0.2, 0.25) is 0 Å². The number of hydrogen-bond donors (Lipinski definition) is 1. The van der Waals surface area contributed by atoms with Crippen LogP contribution < -0.4 is 0 Å². The first-order valence-electron chi connectivity index (χ1n) is 4.16. The van der Waals surface area contributed by atoms with E-state index in [9.17, 15) is 0 Å². The van der Waals surface area contributed by atoms with Crippen molar-refractivity contribution in [3.63, 3.8) is 0 Å². The van der Waals surface area contributed by atoms with E-state index in [0.29, 0.717) is 12.3 Å². The molecule has 0 aliphatic rings. The van der Waals surface area contributed by atoms with Crippen molar-refractivity contribution in [1.29, 1.82) is 5.41 Å². The predicted octanol–water partition coefficient (Wildman–Crippen LogP) is 2.73. The molecule has 0 rings (SSSR count). The van der Waals surface area contributed by atoms with E-state index >= 15 is 0 Å². The molecular formula is C8H19NOSi. The van der Waals surface area contributed by atoms with E-state index < -0.39 is 8.07 Å². The fraction of sp³-hybridized carbons (Fsp3) is 0.875. The van der Waals surface area contributed by atoms with Crippen LogP contribution in [-0.4, -0.2) is 20.6 Å². The summed E-state index contributed by atoms with van der Waals surface area (Å²) < 4.78 is 5.19. The van der Waals surface area contributed by atoms with Gasteiger partial charge in [-0.15, -0.1) is 0 Å². The lowest BCUT2D eigenvalue weighted by molar-refractivity contribution is 0.314. The quantitative estimate of drug-likeness (QED) is 0.396. The van der Waals surface area contributed by atoms with Gasteiger partial charge in [0.05, 0.1) is 6.61 Å². The van der Waals surface area contributed by atoms with E-state index in [1.165, 1.54) is 0 Å². The van der Waals surface area contributed by atoms with Gasteiger partial charge in [-0.3, -0.25) is 5.41 Å². The maximum absolute atomic E-state index is 7.24. The zero-order valence-corrected chi connectivity index (χ0v) is 9.03. The molecule has 0 saturated heterocycles. The molecule has 0 aliphatic carbocycles. The molecule has 0 unspecified atom stereocenters. The largest absolute Gasteiger partial charge is 0.481 e. The van der Waals surface area contributed by atoms with Crippen LogP contribution in [0, 0.1) is 5.41 Å². The average molecular weight is 173 g/mol. The summed E-state index contributed by atoms with van der Waals surface area (Å²) in [6.45, 7) is 9.61. The van der Waals surface area contributed by atoms with Crippen LogP contribution in [-0.2, 0) is 4.74 Å². The Hall–Kier alpha value is -0.313. The molecule has 0 bridgehead atoms. The van der Waals surface area contributed by atoms with Gasteiger partial charge in [-0.1, -0.05) is 26.6 Å². The first-order chi connectivity index (χ1) is 4.95. The fourth-order valence-corrected chi connectivity index (χ4v) is 1.30. The van der Waals surface area contributed by atoms with Gasteiger partial charge in [-0.2, -0.15) is 0 Å². The topological polar surface area (TPSA) is 33.1 Å². The lowest BCUT2D eigenvalue weighted by Crippen LogP contribution is -2.22. The van der Waals surface area contributed by atoms with Crippen molar-refractivity contribution in [1.82, 2.24) is 0 Å². The summed E-state index contributed by atoms with van der Waals surface area (Å²) in [4.78, 5) is 0. The minimum absolute atomic E-state index is 0.420. The molecule has 0 amide bonds. The van der Waals surface area contributed by atoms with E-state index in [1.807, 2.05) is 6.92 Å². The van der Waals surface area contributed by atoms with Gasteiger partial charge >= 0.3 is 0 Å². The summed E-state index contributed by atoms with van der Waals surface area (Å²) in [7, 11) is -0.958. The maximum Gasteiger partial charge on any atom is 0.180 e. The zero-order valence-electron chi connectivity index (χ0n) is 8.03. The molecule has 1 N–H and O–H groups in total. The zero-order chi connectivity index (χ0) is 8.91. The van der Waals surface area contributed by atoms with E-state index in [1.54, 1.807) is 0 Å². The fourth-order valence-electron chi connectivity index (χ4n) is 0.582. The van der Waals surface area contributed by atoms with Crippen molar-refractivity contribution in [3.05, 3.63) is 0 Å². The van der Waals surface area contributed by atoms with Crippen molar-refractivity contribution in [2.45, 2.75) is 39.0 Å². The molecule has 11 heavy (non-hydrogen) atoms. The predicted molar refractivity (Wildman–Crippen MR) is 52.1 cm³/mol. The Labute approximate surface area is 70.5 Å². The molecule has 0 spiro atoms. The third-order valence-electron chi connectivity index (χ3n) is 1.45. The average Bonchev–Trinajstić information content (AvgIpc) is 1.85. The molecule has 66 valence electrons. The minimum atomic E-state index is -0.958. The molecule has 0 aromatic rings. The molecule has 0 aromatic carbocycles. The van der Waals surface area contributed by atoms with Gasteiger partial charge in [0.25, 0.3) is 0 Å². The second kappa shape index (κ2) is 4.54. The van der Waals surface area contributed by atoms with E-state index in [4.69, 9.17) is 10.1 Å². The number of nitrogens with one attached hydrogen (secondary N) is 1. The van der Waals surface area contributed by atoms with Crippen LogP contribution in [0.4, 0.5) is 0 Å². The molecular weight excluding hydrogens is 154 g/mol. The van der Waals surface area contributed by atoms with Gasteiger partial charge in [0, 0.05) is 14.5 Å². The first kappa shape index (κ1) is 10.7. The monoisotopic (exact) mass is 173 g/mol. The lowest BCUT2D eigenvalue weighted by Gasteiger charge is -2.15. The summed E-state index contributed by atoms with van der Waals surface area (Å²) in [5, 5.41) is 7.24. The molecule has 3 heteroatoms. The van der Waals surface area contributed by atoms with Crippen LogP contribution in [0.2, 0.25) is 25.7 Å². The third kappa shape index (κ3) is 7.59. The highest BCUT2D eigenvalue weighted by atomic mass is 28.3. The van der Waals surface area contributed by atoms with Crippen LogP contribution in [0.1, 0.15) is 13.3 Å². The molecule has 0 radical (unpaired) electrons. The normalized spacial score (nSPS) is 11.3. The van der Waals surface area contributed by atoms with E-state index in [0.717, 1.165) is 12.7 Å². The highest BCUT2D eigenvalue weighted by molar-refractivity contribution is 6.76. The summed E-state index contributed by atoms with van der Waals surface area (Å²) >= 11 is 0. The van der Waals surface area contributed by atoms with E-state index in [-0.39, 0.29) is 0 Å². The van der Waals surface area contributed by atoms with E-state index in [2.05, 4.69) is 19.6 Å². The van der Waals surface area contributed by atoms with Crippen molar-refractivity contribution in [2.75, 3.05) is 6.61 Å². The standard InChI is InChI=1S/C8H19NOSi/c1-5-8(9)10-6-7-11(2,3)4/h9H,5-7H2,1-4H3. The van der Waals surface area contributed by atoms with Gasteiger partial charge < -0.3 is 4.74 Å². The Morgan fingerprint density at radius 1 is 1.36 bits per heavy atom. The Bertz CT molecular complexity index is 129. The number of hydrogen-bond acceptors (Lipinski definition) is 2. The van der Waals surface area contributed by atoms with Crippen molar-refractivity contribution >= 4 is 14.0 Å². The second-order valence-corrected chi connectivity index (χ2v) is 9.56. The van der Waals surface area contributed by atoms with Crippen molar-refractivity contribution in [3.8, 4) is 0 Å². The van der Waals surface area contributed by atoms with Gasteiger partial charge in [0.1, 0.15) is 0 Å². The lowest BCUT2D eigenvalue weighted by atomic mass is 10.5. The summed E-state index contributed by atoms with van der Waals surface area (Å²) in [6, 6.07) is 1.15. The minimum Gasteiger partial charge on any atom is -0.481 e. The molecule has 0 atom stereocenters. The maximum atomic E-state index is 7.24. The van der Waals surface area contributed by atoms with Crippen molar-refractivity contribution < 1.29 is 4.74 Å². The SMILES string of the molecule is CCC(=N)OCC[Si](C)(C)C. The van der Waals surface area contributed by atoms with Crippen LogP contribution in [0.15, 0.2) is 0 Å². The Morgan fingerprint density at radius 3 is 2.27 bits per heavy atom. The third-order valence-corrected chi connectivity index (χ3v) is 3.15. The van der Waals surface area contributed by atoms with Crippen molar-refractivity contribution in [2.24, 2.45) is 0 Å². The molecule has 0 heterocycles. The molecule has 0 aliphatic heterocycles. The Balaban J connectivity index is 3.35. The van der Waals surface area contributed by atoms with Gasteiger partial charge in [-0.05, 0) is 6.04 Å². The number of ether oxygens (including phenoxy) is 1.